The third kappa shape index (κ3) is 4.08. The van der Waals surface area contributed by atoms with Gasteiger partial charge in [-0.05, 0) is 49.1 Å². The van der Waals surface area contributed by atoms with Crippen molar-refractivity contribution >= 4 is 6.03 Å². The molecule has 2 amide bonds. The normalized spacial score (nSPS) is 17.3. The fraction of sp³-hybridized carbons (Fsp3) is 0.450. The molecule has 1 fully saturated rings. The summed E-state index contributed by atoms with van der Waals surface area (Å²) in [7, 11) is 0. The van der Waals surface area contributed by atoms with E-state index in [2.05, 4.69) is 22.3 Å². The van der Waals surface area contributed by atoms with Crippen LogP contribution in [0.15, 0.2) is 36.7 Å². The maximum atomic E-state index is 13.8. The lowest BCUT2D eigenvalue weighted by atomic mass is 10.0. The Morgan fingerprint density at radius 3 is 2.78 bits per heavy atom. The fourth-order valence-electron chi connectivity index (χ4n) is 3.82. The van der Waals surface area contributed by atoms with Gasteiger partial charge in [0.1, 0.15) is 11.6 Å². The van der Waals surface area contributed by atoms with E-state index in [1.807, 2.05) is 17.0 Å². The zero-order valence-corrected chi connectivity index (χ0v) is 15.2. The summed E-state index contributed by atoms with van der Waals surface area (Å²) < 4.78 is 26.7. The van der Waals surface area contributed by atoms with E-state index in [0.717, 1.165) is 37.1 Å². The van der Waals surface area contributed by atoms with E-state index in [-0.39, 0.29) is 18.6 Å². The minimum Gasteiger partial charge on any atom is -0.467 e. The van der Waals surface area contributed by atoms with E-state index in [1.165, 1.54) is 12.1 Å². The van der Waals surface area contributed by atoms with Crippen LogP contribution < -0.4 is 10.1 Å². The first kappa shape index (κ1) is 17.9. The Balaban J connectivity index is 1.27. The van der Waals surface area contributed by atoms with Gasteiger partial charge >= 0.3 is 6.03 Å². The standard InChI is InChI=1S/C20H24FN3O3/c21-17-11-15(19-16(12-17)13-26-14-27-19)3-6-22-20(25)24-9-4-18(5-10-24)23-7-1-2-8-23/h1-2,7-8,11-12,18H,3-6,9-10,13-14H2,(H,22,25). The molecule has 0 atom stereocenters. The largest absolute Gasteiger partial charge is 0.467 e. The number of nitrogens with zero attached hydrogens (tertiary/aromatic N) is 2. The molecule has 0 saturated carbocycles. The number of hydrogen-bond donors (Lipinski definition) is 1. The van der Waals surface area contributed by atoms with Gasteiger partial charge in [-0.3, -0.25) is 0 Å². The number of nitrogens with one attached hydrogen (secondary N) is 1. The van der Waals surface area contributed by atoms with Crippen LogP contribution in [0.5, 0.6) is 5.75 Å². The van der Waals surface area contributed by atoms with Gasteiger partial charge in [-0.25, -0.2) is 9.18 Å². The topological polar surface area (TPSA) is 55.7 Å². The number of hydrogen-bond acceptors (Lipinski definition) is 3. The number of aromatic nitrogens is 1. The molecule has 1 aromatic heterocycles. The molecule has 1 N–H and O–H groups in total. The van der Waals surface area contributed by atoms with Gasteiger partial charge in [0, 0.05) is 43.6 Å². The molecule has 144 valence electrons. The lowest BCUT2D eigenvalue weighted by Crippen LogP contribution is -2.45. The van der Waals surface area contributed by atoms with Gasteiger partial charge in [0.15, 0.2) is 6.79 Å². The number of piperidine rings is 1. The zero-order chi connectivity index (χ0) is 18.6. The highest BCUT2D eigenvalue weighted by Gasteiger charge is 2.23. The molecular formula is C20H24FN3O3. The Bertz CT molecular complexity index is 786. The van der Waals surface area contributed by atoms with E-state index in [1.54, 1.807) is 0 Å². The van der Waals surface area contributed by atoms with E-state index < -0.39 is 0 Å². The summed E-state index contributed by atoms with van der Waals surface area (Å²) in [6, 6.07) is 7.36. The van der Waals surface area contributed by atoms with Crippen molar-refractivity contribution in [3.63, 3.8) is 0 Å². The van der Waals surface area contributed by atoms with Crippen LogP contribution in [0.25, 0.3) is 0 Å². The fourth-order valence-corrected chi connectivity index (χ4v) is 3.82. The number of urea groups is 1. The quantitative estimate of drug-likeness (QED) is 0.896. The lowest BCUT2D eigenvalue weighted by molar-refractivity contribution is -0.0172. The molecule has 3 heterocycles. The van der Waals surface area contributed by atoms with Crippen molar-refractivity contribution in [3.05, 3.63) is 53.6 Å². The predicted octanol–water partition coefficient (Wildman–Crippen LogP) is 3.08. The highest BCUT2D eigenvalue weighted by molar-refractivity contribution is 5.74. The summed E-state index contributed by atoms with van der Waals surface area (Å²) in [4.78, 5) is 14.3. The zero-order valence-electron chi connectivity index (χ0n) is 15.2. The molecule has 0 bridgehead atoms. The van der Waals surface area contributed by atoms with Crippen LogP contribution in [0.2, 0.25) is 0 Å². The number of ether oxygens (including phenoxy) is 2. The summed E-state index contributed by atoms with van der Waals surface area (Å²) in [6.45, 7) is 2.45. The number of carbonyl (C=O) groups excluding carboxylic acids is 1. The Morgan fingerprint density at radius 1 is 1.22 bits per heavy atom. The molecule has 2 aliphatic rings. The van der Waals surface area contributed by atoms with Crippen LogP contribution >= 0.6 is 0 Å². The van der Waals surface area contributed by atoms with Crippen LogP contribution in [0.1, 0.15) is 30.0 Å². The van der Waals surface area contributed by atoms with E-state index in [4.69, 9.17) is 9.47 Å². The van der Waals surface area contributed by atoms with Crippen LogP contribution in [-0.2, 0) is 17.8 Å². The second kappa shape index (κ2) is 8.00. The second-order valence-electron chi connectivity index (χ2n) is 6.99. The molecule has 27 heavy (non-hydrogen) atoms. The van der Waals surface area contributed by atoms with Gasteiger partial charge in [0.05, 0.1) is 6.61 Å². The van der Waals surface area contributed by atoms with Gasteiger partial charge in [-0.15, -0.1) is 0 Å². The summed E-state index contributed by atoms with van der Waals surface area (Å²) in [6.07, 6.45) is 6.58. The van der Waals surface area contributed by atoms with Crippen molar-refractivity contribution in [3.8, 4) is 5.75 Å². The molecule has 0 spiro atoms. The third-order valence-corrected chi connectivity index (χ3v) is 5.22. The SMILES string of the molecule is O=C(NCCc1cc(F)cc2c1OCOC2)N1CCC(n2cccc2)CC1. The van der Waals surface area contributed by atoms with Gasteiger partial charge in [-0.1, -0.05) is 0 Å². The minimum absolute atomic E-state index is 0.0597. The van der Waals surface area contributed by atoms with Crippen molar-refractivity contribution in [2.75, 3.05) is 26.4 Å². The van der Waals surface area contributed by atoms with Crippen molar-refractivity contribution in [2.24, 2.45) is 0 Å². The molecule has 0 unspecified atom stereocenters. The van der Waals surface area contributed by atoms with Gasteiger partial charge in [0.2, 0.25) is 0 Å². The number of carbonyl (C=O) groups is 1. The smallest absolute Gasteiger partial charge is 0.317 e. The first-order chi connectivity index (χ1) is 13.2. The Kier molecular flexibility index (Phi) is 5.29. The first-order valence-corrected chi connectivity index (χ1v) is 9.38. The van der Waals surface area contributed by atoms with E-state index in [0.29, 0.717) is 31.4 Å². The predicted molar refractivity (Wildman–Crippen MR) is 98.1 cm³/mol. The monoisotopic (exact) mass is 373 g/mol. The van der Waals surface area contributed by atoms with Crippen molar-refractivity contribution in [2.45, 2.75) is 31.9 Å². The maximum Gasteiger partial charge on any atom is 0.317 e. The number of amides is 2. The Hall–Kier alpha value is -2.54. The van der Waals surface area contributed by atoms with Crippen molar-refractivity contribution in [1.82, 2.24) is 14.8 Å². The Morgan fingerprint density at radius 2 is 2.00 bits per heavy atom. The van der Waals surface area contributed by atoms with Crippen molar-refractivity contribution < 1.29 is 18.7 Å². The number of benzene rings is 1. The molecular weight excluding hydrogens is 349 g/mol. The summed E-state index contributed by atoms with van der Waals surface area (Å²) in [5.74, 6) is 0.376. The Labute approximate surface area is 157 Å². The average Bonchev–Trinajstić information content (AvgIpc) is 3.22. The number of halogens is 1. The van der Waals surface area contributed by atoms with Crippen LogP contribution in [0.4, 0.5) is 9.18 Å². The number of likely N-dealkylation sites (tertiary alicyclic amines) is 1. The molecule has 0 radical (unpaired) electrons. The first-order valence-electron chi connectivity index (χ1n) is 9.38. The van der Waals surface area contributed by atoms with Crippen LogP contribution in [0.3, 0.4) is 0 Å². The number of fused-ring (bicyclic) bond motifs is 1. The molecule has 1 aromatic carbocycles. The molecule has 2 aliphatic heterocycles. The molecule has 4 rings (SSSR count). The van der Waals surface area contributed by atoms with Gasteiger partial charge < -0.3 is 24.3 Å². The van der Waals surface area contributed by atoms with E-state index >= 15 is 0 Å². The maximum absolute atomic E-state index is 13.8. The second-order valence-corrected chi connectivity index (χ2v) is 6.99. The van der Waals surface area contributed by atoms with Crippen LogP contribution in [0, 0.1) is 5.82 Å². The lowest BCUT2D eigenvalue weighted by Gasteiger charge is -2.32. The third-order valence-electron chi connectivity index (χ3n) is 5.22. The van der Waals surface area contributed by atoms with Crippen molar-refractivity contribution in [1.29, 1.82) is 0 Å². The van der Waals surface area contributed by atoms with E-state index in [9.17, 15) is 9.18 Å². The highest BCUT2D eigenvalue weighted by Crippen LogP contribution is 2.29. The molecule has 6 nitrogen and oxygen atoms in total. The van der Waals surface area contributed by atoms with Gasteiger partial charge in [0.25, 0.3) is 0 Å². The summed E-state index contributed by atoms with van der Waals surface area (Å²) in [5, 5.41) is 2.95. The molecule has 0 aliphatic carbocycles. The summed E-state index contributed by atoms with van der Waals surface area (Å²) >= 11 is 0. The molecule has 7 heteroatoms. The highest BCUT2D eigenvalue weighted by atomic mass is 19.1. The summed E-state index contributed by atoms with van der Waals surface area (Å²) in [5.41, 5.74) is 1.48. The molecule has 1 saturated heterocycles. The minimum atomic E-state index is -0.309. The number of rotatable bonds is 4. The molecule has 2 aromatic rings. The average molecular weight is 373 g/mol. The van der Waals surface area contributed by atoms with Gasteiger partial charge in [-0.2, -0.15) is 0 Å². The van der Waals surface area contributed by atoms with Crippen LogP contribution in [-0.4, -0.2) is 41.9 Å².